The van der Waals surface area contributed by atoms with Crippen LogP contribution in [0, 0.1) is 5.92 Å². The Bertz CT molecular complexity index is 121. The van der Waals surface area contributed by atoms with E-state index in [9.17, 15) is 0 Å². The van der Waals surface area contributed by atoms with Crippen LogP contribution in [0.5, 0.6) is 0 Å². The molecule has 1 heterocycles. The van der Waals surface area contributed by atoms with Crippen molar-refractivity contribution in [3.05, 3.63) is 0 Å². The monoisotopic (exact) mass is 157 g/mol. The van der Waals surface area contributed by atoms with Gasteiger partial charge in [-0.1, -0.05) is 0 Å². The first kappa shape index (κ1) is 9.01. The van der Waals surface area contributed by atoms with Gasteiger partial charge in [0.25, 0.3) is 0 Å². The van der Waals surface area contributed by atoms with Gasteiger partial charge in [-0.25, -0.2) is 0 Å². The number of aliphatic hydroxyl groups excluding tert-OH is 1. The fourth-order valence-electron chi connectivity index (χ4n) is 1.94. The van der Waals surface area contributed by atoms with Gasteiger partial charge in [0.05, 0.1) is 0 Å². The van der Waals surface area contributed by atoms with Crippen molar-refractivity contribution in [3.8, 4) is 0 Å². The van der Waals surface area contributed by atoms with Crippen LogP contribution >= 0.6 is 0 Å². The first-order valence-corrected chi connectivity index (χ1v) is 4.50. The van der Waals surface area contributed by atoms with E-state index in [2.05, 4.69) is 19.2 Å². The molecule has 2 heteroatoms. The van der Waals surface area contributed by atoms with E-state index >= 15 is 0 Å². The molecule has 1 atom stereocenters. The molecule has 2 nitrogen and oxygen atoms in total. The predicted molar refractivity (Wildman–Crippen MR) is 46.5 cm³/mol. The third-order valence-electron chi connectivity index (χ3n) is 2.49. The lowest BCUT2D eigenvalue weighted by atomic mass is 9.83. The van der Waals surface area contributed by atoms with Crippen LogP contribution in [0.25, 0.3) is 0 Å². The normalized spacial score (nSPS) is 30.3. The van der Waals surface area contributed by atoms with E-state index in [1.54, 1.807) is 0 Å². The molecule has 66 valence electrons. The maximum atomic E-state index is 8.77. The van der Waals surface area contributed by atoms with Crippen LogP contribution in [-0.4, -0.2) is 23.8 Å². The topological polar surface area (TPSA) is 32.3 Å². The molecule has 0 amide bonds. The van der Waals surface area contributed by atoms with Crippen LogP contribution in [0.4, 0.5) is 0 Å². The average molecular weight is 157 g/mol. The Morgan fingerprint density at radius 2 is 2.27 bits per heavy atom. The molecule has 1 saturated heterocycles. The predicted octanol–water partition coefficient (Wildman–Crippen LogP) is 1.15. The molecule has 11 heavy (non-hydrogen) atoms. The molecule has 2 N–H and O–H groups in total. The molecule has 1 fully saturated rings. The highest BCUT2D eigenvalue weighted by Gasteiger charge is 2.26. The third-order valence-corrected chi connectivity index (χ3v) is 2.49. The molecule has 0 spiro atoms. The number of aliphatic hydroxyl groups is 1. The molecule has 0 aromatic heterocycles. The Kier molecular flexibility index (Phi) is 2.90. The summed E-state index contributed by atoms with van der Waals surface area (Å²) in [7, 11) is 0. The SMILES string of the molecule is CC1(C)CC(CCO)CCN1. The Labute approximate surface area is 69.0 Å². The maximum Gasteiger partial charge on any atom is 0.0433 e. The molecular formula is C9H19NO. The zero-order chi connectivity index (χ0) is 8.32. The maximum absolute atomic E-state index is 8.77. The zero-order valence-corrected chi connectivity index (χ0v) is 7.56. The molecule has 1 aliphatic rings. The molecule has 0 aromatic rings. The van der Waals surface area contributed by atoms with Crippen LogP contribution in [0.15, 0.2) is 0 Å². The first-order chi connectivity index (χ1) is 5.14. The summed E-state index contributed by atoms with van der Waals surface area (Å²) in [5.74, 6) is 0.733. The van der Waals surface area contributed by atoms with Crippen molar-refractivity contribution in [1.29, 1.82) is 0 Å². The van der Waals surface area contributed by atoms with E-state index in [0.29, 0.717) is 6.61 Å². The summed E-state index contributed by atoms with van der Waals surface area (Å²) in [5, 5.41) is 12.2. The van der Waals surface area contributed by atoms with Gasteiger partial charge < -0.3 is 10.4 Å². The van der Waals surface area contributed by atoms with Crippen LogP contribution in [0.3, 0.4) is 0 Å². The standard InChI is InChI=1S/C9H19NO/c1-9(2)7-8(4-6-11)3-5-10-9/h8,10-11H,3-7H2,1-2H3. The van der Waals surface area contributed by atoms with Gasteiger partial charge in [0.15, 0.2) is 0 Å². The van der Waals surface area contributed by atoms with Crippen molar-refractivity contribution in [2.45, 2.75) is 38.6 Å². The zero-order valence-electron chi connectivity index (χ0n) is 7.56. The highest BCUT2D eigenvalue weighted by atomic mass is 16.3. The smallest absolute Gasteiger partial charge is 0.0433 e. The lowest BCUT2D eigenvalue weighted by Gasteiger charge is -2.36. The highest BCUT2D eigenvalue weighted by Crippen LogP contribution is 2.25. The average Bonchev–Trinajstić information content (AvgIpc) is 1.85. The van der Waals surface area contributed by atoms with Crippen LogP contribution < -0.4 is 5.32 Å². The minimum atomic E-state index is 0.290. The summed E-state index contributed by atoms with van der Waals surface area (Å²) in [5.41, 5.74) is 0.290. The molecule has 0 saturated carbocycles. The van der Waals surface area contributed by atoms with E-state index in [1.165, 1.54) is 12.8 Å². The lowest BCUT2D eigenvalue weighted by Crippen LogP contribution is -2.46. The fourth-order valence-corrected chi connectivity index (χ4v) is 1.94. The van der Waals surface area contributed by atoms with Crippen LogP contribution in [-0.2, 0) is 0 Å². The van der Waals surface area contributed by atoms with Gasteiger partial charge in [-0.15, -0.1) is 0 Å². The summed E-state index contributed by atoms with van der Waals surface area (Å²) in [4.78, 5) is 0. The minimum Gasteiger partial charge on any atom is -0.396 e. The van der Waals surface area contributed by atoms with Crippen molar-refractivity contribution >= 4 is 0 Å². The number of nitrogens with one attached hydrogen (secondary N) is 1. The summed E-state index contributed by atoms with van der Waals surface area (Å²) < 4.78 is 0. The number of piperidine rings is 1. The van der Waals surface area contributed by atoms with Gasteiger partial charge in [-0.3, -0.25) is 0 Å². The van der Waals surface area contributed by atoms with Crippen molar-refractivity contribution in [2.75, 3.05) is 13.2 Å². The van der Waals surface area contributed by atoms with Gasteiger partial charge in [0, 0.05) is 12.1 Å². The molecule has 0 aromatic carbocycles. The van der Waals surface area contributed by atoms with Gasteiger partial charge >= 0.3 is 0 Å². The second-order valence-electron chi connectivity index (χ2n) is 4.18. The number of hydrogen-bond donors (Lipinski definition) is 2. The molecule has 0 radical (unpaired) electrons. The van der Waals surface area contributed by atoms with E-state index in [1.807, 2.05) is 0 Å². The van der Waals surface area contributed by atoms with E-state index in [4.69, 9.17) is 5.11 Å². The summed E-state index contributed by atoms with van der Waals surface area (Å²) in [6, 6.07) is 0. The lowest BCUT2D eigenvalue weighted by molar-refractivity contribution is 0.183. The van der Waals surface area contributed by atoms with E-state index in [-0.39, 0.29) is 5.54 Å². The van der Waals surface area contributed by atoms with Gasteiger partial charge in [-0.05, 0) is 45.6 Å². The fraction of sp³-hybridized carbons (Fsp3) is 1.00. The minimum absolute atomic E-state index is 0.290. The first-order valence-electron chi connectivity index (χ1n) is 4.50. The molecule has 0 aliphatic carbocycles. The quantitative estimate of drug-likeness (QED) is 0.630. The van der Waals surface area contributed by atoms with Crippen LogP contribution in [0.2, 0.25) is 0 Å². The summed E-state index contributed by atoms with van der Waals surface area (Å²) >= 11 is 0. The summed E-state index contributed by atoms with van der Waals surface area (Å²) in [6.07, 6.45) is 3.41. The number of hydrogen-bond acceptors (Lipinski definition) is 2. The molecule has 1 unspecified atom stereocenters. The number of rotatable bonds is 2. The van der Waals surface area contributed by atoms with Crippen molar-refractivity contribution in [2.24, 2.45) is 5.92 Å². The van der Waals surface area contributed by atoms with Gasteiger partial charge in [0.1, 0.15) is 0 Å². The Morgan fingerprint density at radius 3 is 2.82 bits per heavy atom. The van der Waals surface area contributed by atoms with Crippen molar-refractivity contribution in [3.63, 3.8) is 0 Å². The second-order valence-corrected chi connectivity index (χ2v) is 4.18. The van der Waals surface area contributed by atoms with Gasteiger partial charge in [-0.2, -0.15) is 0 Å². The third kappa shape index (κ3) is 2.80. The molecular weight excluding hydrogens is 138 g/mol. The van der Waals surface area contributed by atoms with E-state index < -0.39 is 0 Å². The molecule has 0 bridgehead atoms. The van der Waals surface area contributed by atoms with E-state index in [0.717, 1.165) is 18.9 Å². The van der Waals surface area contributed by atoms with Gasteiger partial charge in [0.2, 0.25) is 0 Å². The highest BCUT2D eigenvalue weighted by molar-refractivity contribution is 4.85. The van der Waals surface area contributed by atoms with Crippen molar-refractivity contribution < 1.29 is 5.11 Å². The molecule has 1 aliphatic heterocycles. The summed E-state index contributed by atoms with van der Waals surface area (Å²) in [6.45, 7) is 5.92. The Hall–Kier alpha value is -0.0800. The second kappa shape index (κ2) is 3.55. The van der Waals surface area contributed by atoms with Crippen molar-refractivity contribution in [1.82, 2.24) is 5.32 Å². The Morgan fingerprint density at radius 1 is 1.55 bits per heavy atom. The largest absolute Gasteiger partial charge is 0.396 e. The Balaban J connectivity index is 2.34. The van der Waals surface area contributed by atoms with Crippen LogP contribution in [0.1, 0.15) is 33.1 Å². The molecule has 1 rings (SSSR count).